The molecule has 0 unspecified atom stereocenters. The van der Waals surface area contributed by atoms with Crippen LogP contribution in [0, 0.1) is 0 Å². The van der Waals surface area contributed by atoms with Gasteiger partial charge >= 0.3 is 0 Å². The van der Waals surface area contributed by atoms with E-state index in [0.29, 0.717) is 28.7 Å². The number of nitrogens with zero attached hydrogens (tertiary/aromatic N) is 3. The molecule has 1 aliphatic rings. The molecule has 0 saturated carbocycles. The summed E-state index contributed by atoms with van der Waals surface area (Å²) >= 11 is 12.1. The van der Waals surface area contributed by atoms with Gasteiger partial charge in [-0.3, -0.25) is 9.48 Å². The molecular formula is C20H17Cl2N3O. The lowest BCUT2D eigenvalue weighted by Crippen LogP contribution is -2.38. The van der Waals surface area contributed by atoms with Crippen LogP contribution in [0.15, 0.2) is 54.9 Å². The van der Waals surface area contributed by atoms with Gasteiger partial charge in [-0.25, -0.2) is 0 Å². The molecule has 2 heterocycles. The molecule has 0 N–H and O–H groups in total. The van der Waals surface area contributed by atoms with Gasteiger partial charge in [-0.05, 0) is 34.9 Å². The Balaban J connectivity index is 1.70. The number of benzene rings is 2. The molecule has 3 aromatic rings. The maximum Gasteiger partial charge on any atom is 0.254 e. The fourth-order valence-corrected chi connectivity index (χ4v) is 3.78. The molecule has 1 aliphatic heterocycles. The van der Waals surface area contributed by atoms with Crippen LogP contribution >= 0.6 is 23.2 Å². The maximum absolute atomic E-state index is 13.1. The number of rotatable bonds is 2. The molecule has 26 heavy (non-hydrogen) atoms. The minimum Gasteiger partial charge on any atom is -0.333 e. The van der Waals surface area contributed by atoms with Crippen molar-refractivity contribution in [2.24, 2.45) is 7.05 Å². The lowest BCUT2D eigenvalue weighted by molar-refractivity contribution is 0.0725. The summed E-state index contributed by atoms with van der Waals surface area (Å²) in [7, 11) is 1.90. The molecule has 4 rings (SSSR count). The Morgan fingerprint density at radius 3 is 2.69 bits per heavy atom. The molecule has 1 atom stereocenters. The van der Waals surface area contributed by atoms with Crippen molar-refractivity contribution in [1.82, 2.24) is 14.7 Å². The van der Waals surface area contributed by atoms with E-state index in [4.69, 9.17) is 23.2 Å². The Labute approximate surface area is 161 Å². The van der Waals surface area contributed by atoms with Gasteiger partial charge < -0.3 is 4.90 Å². The minimum atomic E-state index is -0.0491. The van der Waals surface area contributed by atoms with Crippen molar-refractivity contribution < 1.29 is 4.79 Å². The number of amides is 1. The first-order chi connectivity index (χ1) is 12.5. The highest BCUT2D eigenvalue weighted by atomic mass is 35.5. The zero-order chi connectivity index (χ0) is 18.3. The topological polar surface area (TPSA) is 38.1 Å². The molecule has 0 aliphatic carbocycles. The Bertz CT molecular complexity index is 983. The molecule has 132 valence electrons. The van der Waals surface area contributed by atoms with Crippen molar-refractivity contribution in [3.8, 4) is 0 Å². The number of halogens is 2. The summed E-state index contributed by atoms with van der Waals surface area (Å²) in [6, 6.07) is 13.3. The lowest BCUT2D eigenvalue weighted by atomic mass is 9.86. The number of aryl methyl sites for hydroxylation is 1. The van der Waals surface area contributed by atoms with E-state index in [-0.39, 0.29) is 11.8 Å². The highest BCUT2D eigenvalue weighted by Gasteiger charge is 2.30. The average molecular weight is 386 g/mol. The van der Waals surface area contributed by atoms with E-state index < -0.39 is 0 Å². The fraction of sp³-hybridized carbons (Fsp3) is 0.200. The van der Waals surface area contributed by atoms with Gasteiger partial charge in [0.15, 0.2) is 0 Å². The van der Waals surface area contributed by atoms with E-state index in [1.54, 1.807) is 22.9 Å². The number of fused-ring (bicyclic) bond motifs is 1. The van der Waals surface area contributed by atoms with Crippen LogP contribution in [0.4, 0.5) is 0 Å². The quantitative estimate of drug-likeness (QED) is 0.650. The Morgan fingerprint density at radius 1 is 1.15 bits per heavy atom. The highest BCUT2D eigenvalue weighted by molar-refractivity contribution is 6.42. The SMILES string of the molecule is Cn1cc([C@H]2CN(C(=O)c3ccc(Cl)c(Cl)c3)Cc3ccccc32)cn1. The summed E-state index contributed by atoms with van der Waals surface area (Å²) in [5, 5.41) is 5.13. The summed E-state index contributed by atoms with van der Waals surface area (Å²) in [5.41, 5.74) is 4.05. The highest BCUT2D eigenvalue weighted by Crippen LogP contribution is 2.34. The summed E-state index contributed by atoms with van der Waals surface area (Å²) < 4.78 is 1.79. The third kappa shape index (κ3) is 3.11. The van der Waals surface area contributed by atoms with Gasteiger partial charge in [-0.15, -0.1) is 0 Å². The maximum atomic E-state index is 13.1. The van der Waals surface area contributed by atoms with E-state index in [1.165, 1.54) is 5.56 Å². The monoisotopic (exact) mass is 385 g/mol. The summed E-state index contributed by atoms with van der Waals surface area (Å²) in [6.07, 6.45) is 3.88. The van der Waals surface area contributed by atoms with Crippen LogP contribution in [-0.4, -0.2) is 27.1 Å². The predicted molar refractivity (Wildman–Crippen MR) is 103 cm³/mol. The van der Waals surface area contributed by atoms with E-state index in [9.17, 15) is 4.79 Å². The van der Waals surface area contributed by atoms with Crippen LogP contribution in [-0.2, 0) is 13.6 Å². The van der Waals surface area contributed by atoms with Gasteiger partial charge in [0.05, 0.1) is 16.2 Å². The first-order valence-electron chi connectivity index (χ1n) is 8.33. The number of hydrogen-bond donors (Lipinski definition) is 0. The van der Waals surface area contributed by atoms with E-state index in [2.05, 4.69) is 17.2 Å². The zero-order valence-corrected chi connectivity index (χ0v) is 15.7. The number of aromatic nitrogens is 2. The van der Waals surface area contributed by atoms with Crippen LogP contribution in [0.5, 0.6) is 0 Å². The van der Waals surface area contributed by atoms with Crippen LogP contribution in [0.1, 0.15) is 33.0 Å². The molecule has 0 saturated heterocycles. The Hall–Kier alpha value is -2.30. The van der Waals surface area contributed by atoms with Crippen LogP contribution in [0.2, 0.25) is 10.0 Å². The second kappa shape index (κ2) is 6.78. The van der Waals surface area contributed by atoms with Gasteiger partial charge in [-0.2, -0.15) is 5.10 Å². The first-order valence-corrected chi connectivity index (χ1v) is 9.09. The molecule has 4 nitrogen and oxygen atoms in total. The molecule has 1 aromatic heterocycles. The molecule has 1 amide bonds. The third-order valence-corrected chi connectivity index (χ3v) is 5.51. The van der Waals surface area contributed by atoms with Crippen molar-refractivity contribution >= 4 is 29.1 Å². The van der Waals surface area contributed by atoms with E-state index in [0.717, 1.165) is 11.1 Å². The van der Waals surface area contributed by atoms with Gasteiger partial charge in [-0.1, -0.05) is 47.5 Å². The summed E-state index contributed by atoms with van der Waals surface area (Å²) in [6.45, 7) is 1.17. The smallest absolute Gasteiger partial charge is 0.254 e. The van der Waals surface area contributed by atoms with E-state index >= 15 is 0 Å². The minimum absolute atomic E-state index is 0.0491. The molecule has 0 bridgehead atoms. The van der Waals surface area contributed by atoms with Gasteiger partial charge in [0.25, 0.3) is 5.91 Å². The molecular weight excluding hydrogens is 369 g/mol. The average Bonchev–Trinajstić information content (AvgIpc) is 3.08. The van der Waals surface area contributed by atoms with Gasteiger partial charge in [0.2, 0.25) is 0 Å². The first kappa shape index (κ1) is 17.1. The van der Waals surface area contributed by atoms with Gasteiger partial charge in [0, 0.05) is 37.8 Å². The third-order valence-electron chi connectivity index (χ3n) is 4.78. The Morgan fingerprint density at radius 2 is 1.96 bits per heavy atom. The van der Waals surface area contributed by atoms with Crippen LogP contribution in [0.25, 0.3) is 0 Å². The van der Waals surface area contributed by atoms with Crippen LogP contribution < -0.4 is 0 Å². The van der Waals surface area contributed by atoms with Crippen molar-refractivity contribution in [3.05, 3.63) is 87.2 Å². The van der Waals surface area contributed by atoms with Crippen molar-refractivity contribution in [1.29, 1.82) is 0 Å². The van der Waals surface area contributed by atoms with Crippen molar-refractivity contribution in [3.63, 3.8) is 0 Å². The second-order valence-corrected chi connectivity index (χ2v) is 7.33. The number of carbonyl (C=O) groups excluding carboxylic acids is 1. The fourth-order valence-electron chi connectivity index (χ4n) is 3.48. The van der Waals surface area contributed by atoms with Crippen molar-refractivity contribution in [2.45, 2.75) is 12.5 Å². The number of carbonyl (C=O) groups is 1. The van der Waals surface area contributed by atoms with Crippen LogP contribution in [0.3, 0.4) is 0 Å². The molecule has 6 heteroatoms. The van der Waals surface area contributed by atoms with Crippen molar-refractivity contribution in [2.75, 3.05) is 6.54 Å². The standard InChI is InChI=1S/C20H17Cl2N3O/c1-24-10-15(9-23-24)17-12-25(11-14-4-2-3-5-16(14)17)20(26)13-6-7-18(21)19(22)8-13/h2-10,17H,11-12H2,1H3/t17-/m1/s1. The molecule has 2 aromatic carbocycles. The molecule has 0 fully saturated rings. The Kier molecular flexibility index (Phi) is 4.47. The second-order valence-electron chi connectivity index (χ2n) is 6.51. The van der Waals surface area contributed by atoms with E-state index in [1.807, 2.05) is 36.5 Å². The normalized spacial score (nSPS) is 16.4. The predicted octanol–water partition coefficient (Wildman–Crippen LogP) is 4.51. The number of hydrogen-bond acceptors (Lipinski definition) is 2. The lowest BCUT2D eigenvalue weighted by Gasteiger charge is -2.34. The summed E-state index contributed by atoms with van der Waals surface area (Å²) in [4.78, 5) is 14.9. The summed E-state index contributed by atoms with van der Waals surface area (Å²) in [5.74, 6) is 0.0485. The largest absolute Gasteiger partial charge is 0.333 e. The molecule has 0 radical (unpaired) electrons. The zero-order valence-electron chi connectivity index (χ0n) is 14.2. The molecule has 0 spiro atoms. The van der Waals surface area contributed by atoms with Gasteiger partial charge in [0.1, 0.15) is 0 Å².